The van der Waals surface area contributed by atoms with Gasteiger partial charge in [-0.15, -0.1) is 5.10 Å². The quantitative estimate of drug-likeness (QED) is 0.0806. The van der Waals surface area contributed by atoms with Crippen molar-refractivity contribution in [2.75, 3.05) is 18.5 Å². The number of alkyl halides is 6. The van der Waals surface area contributed by atoms with Crippen molar-refractivity contribution in [3.8, 4) is 0 Å². The highest BCUT2D eigenvalue weighted by Crippen LogP contribution is 2.41. The second kappa shape index (κ2) is 13.8. The van der Waals surface area contributed by atoms with E-state index in [9.17, 15) is 45.0 Å². The molecule has 2 heterocycles. The Morgan fingerprint density at radius 1 is 0.939 bits per heavy atom. The molecule has 2 aromatic carbocycles. The van der Waals surface area contributed by atoms with Gasteiger partial charge < -0.3 is 20.6 Å². The van der Waals surface area contributed by atoms with Gasteiger partial charge in [0.1, 0.15) is 5.82 Å². The highest BCUT2D eigenvalue weighted by atomic mass is 19.4. The smallest absolute Gasteiger partial charge is 0.416 e. The van der Waals surface area contributed by atoms with Crippen LogP contribution in [0, 0.1) is 23.5 Å². The number of aliphatic carboxylic acids is 1. The zero-order valence-electron chi connectivity index (χ0n) is 26.3. The molecule has 1 aromatic heterocycles. The molecule has 266 valence electrons. The van der Waals surface area contributed by atoms with E-state index in [0.29, 0.717) is 55.7 Å². The minimum absolute atomic E-state index is 0.0232. The van der Waals surface area contributed by atoms with Gasteiger partial charge in [-0.25, -0.2) is 24.7 Å². The molecule has 9 nitrogen and oxygen atoms in total. The van der Waals surface area contributed by atoms with Gasteiger partial charge in [0, 0.05) is 49.7 Å². The minimum Gasteiger partial charge on any atom is -0.481 e. The number of benzene rings is 2. The summed E-state index contributed by atoms with van der Waals surface area (Å²) in [4.78, 5) is 19.5. The fourth-order valence-corrected chi connectivity index (χ4v) is 6.84. The fraction of sp³-hybridized carbons (Fsp3) is 0.469. The van der Waals surface area contributed by atoms with E-state index in [4.69, 9.17) is 16.6 Å². The molecule has 2 aliphatic rings. The summed E-state index contributed by atoms with van der Waals surface area (Å²) in [6.07, 6.45) is -6.39. The Morgan fingerprint density at radius 3 is 2.12 bits per heavy atom. The maximum Gasteiger partial charge on any atom is 0.416 e. The Labute approximate surface area is 276 Å². The van der Waals surface area contributed by atoms with Crippen molar-refractivity contribution in [3.63, 3.8) is 0 Å². The zero-order chi connectivity index (χ0) is 35.8. The summed E-state index contributed by atoms with van der Waals surface area (Å²) >= 11 is 0. The molecule has 0 spiro atoms. The molecular formula is C32H35F8N7O2. The summed E-state index contributed by atoms with van der Waals surface area (Å²) in [5.74, 6) is 2.19. The van der Waals surface area contributed by atoms with Crippen molar-refractivity contribution in [3.05, 3.63) is 70.3 Å². The number of pyridine rings is 1. The summed E-state index contributed by atoms with van der Waals surface area (Å²) < 4.78 is 111. The molecule has 2 fully saturated rings. The number of rotatable bonds is 8. The van der Waals surface area contributed by atoms with Crippen molar-refractivity contribution >= 4 is 28.6 Å². The van der Waals surface area contributed by atoms with Crippen molar-refractivity contribution in [1.82, 2.24) is 15.0 Å². The van der Waals surface area contributed by atoms with Crippen LogP contribution in [0.5, 0.6) is 0 Å². The maximum atomic E-state index is 14.4. The van der Waals surface area contributed by atoms with Gasteiger partial charge in [0.05, 0.1) is 22.6 Å². The van der Waals surface area contributed by atoms with E-state index in [1.165, 1.54) is 18.0 Å². The molecule has 3 aromatic rings. The lowest BCUT2D eigenvalue weighted by Gasteiger charge is -2.37. The van der Waals surface area contributed by atoms with Crippen LogP contribution in [0.15, 0.2) is 41.5 Å². The number of fused-ring (bicyclic) bond motifs is 1. The van der Waals surface area contributed by atoms with Crippen molar-refractivity contribution < 1.29 is 45.0 Å². The summed E-state index contributed by atoms with van der Waals surface area (Å²) in [6.45, 7) is -0.336. The number of halogens is 8. The highest BCUT2D eigenvalue weighted by molar-refractivity contribution is 5.83. The Hall–Kier alpha value is -4.41. The summed E-state index contributed by atoms with van der Waals surface area (Å²) in [7, 11) is 1.31. The predicted molar refractivity (Wildman–Crippen MR) is 164 cm³/mol. The van der Waals surface area contributed by atoms with Crippen molar-refractivity contribution in [2.45, 2.75) is 70.0 Å². The first-order valence-electron chi connectivity index (χ1n) is 15.5. The molecule has 0 amide bonds. The van der Waals surface area contributed by atoms with E-state index < -0.39 is 53.5 Å². The molecule has 1 aliphatic heterocycles. The summed E-state index contributed by atoms with van der Waals surface area (Å²) in [6, 6.07) is 4.52. The number of nitrogens with zero attached hydrogens (tertiary/aromatic N) is 5. The van der Waals surface area contributed by atoms with Crippen LogP contribution in [0.25, 0.3) is 10.9 Å². The molecule has 5 N–H and O–H groups in total. The summed E-state index contributed by atoms with van der Waals surface area (Å²) in [5, 5.41) is 14.4. The van der Waals surface area contributed by atoms with Crippen LogP contribution in [0.3, 0.4) is 0 Å². The Morgan fingerprint density at radius 2 is 1.55 bits per heavy atom. The molecule has 5 rings (SSSR count). The molecule has 0 unspecified atom stereocenters. The molecular weight excluding hydrogens is 666 g/mol. The average molecular weight is 702 g/mol. The molecule has 1 atom stereocenters. The van der Waals surface area contributed by atoms with Crippen LogP contribution in [-0.2, 0) is 30.2 Å². The predicted octanol–water partition coefficient (Wildman–Crippen LogP) is 6.45. The standard InChI is InChI=1S/C32H35F8N7O2/c1-45(42)44-30(41)46(15-17-9-22(31(35,36)37)13-23(10-17)32(38,39)40)16-21-11-20-12-24(33)25(34)14-26(20)43-28(21)47-8-2-3-27(47)18-4-6-19(7-5-18)29(48)49/h9-14,18-19,27H,2-8,15-16,42H2,1H3,(H2,41,44)(H,48,49)/t18?,19?,27-/m1/s1. The van der Waals surface area contributed by atoms with Gasteiger partial charge in [-0.3, -0.25) is 4.79 Å². The van der Waals surface area contributed by atoms with E-state index in [2.05, 4.69) is 5.10 Å². The van der Waals surface area contributed by atoms with Gasteiger partial charge in [0.15, 0.2) is 11.6 Å². The SMILES string of the molecule is CN(N)/N=C(\N)N(Cc1cc(C(F)(F)F)cc(C(F)(F)F)c1)Cc1cc2cc(F)c(F)cc2nc1N1CCC[C@@H]1C1CCC(C(=O)O)CC1. The topological polar surface area (TPSA) is 124 Å². The van der Waals surface area contributed by atoms with Gasteiger partial charge in [-0.2, -0.15) is 26.3 Å². The van der Waals surface area contributed by atoms with Crippen LogP contribution < -0.4 is 16.5 Å². The third-order valence-electron chi connectivity index (χ3n) is 9.12. The normalized spacial score (nSPS) is 20.6. The van der Waals surface area contributed by atoms with Crippen LogP contribution >= 0.6 is 0 Å². The number of carbonyl (C=O) groups is 1. The molecule has 49 heavy (non-hydrogen) atoms. The third kappa shape index (κ3) is 8.25. The number of hydrazine groups is 1. The number of hydrogen-bond acceptors (Lipinski definition) is 6. The van der Waals surface area contributed by atoms with E-state index in [1.54, 1.807) is 0 Å². The molecule has 1 aliphatic carbocycles. The van der Waals surface area contributed by atoms with Crippen LogP contribution in [0.1, 0.15) is 60.8 Å². The van der Waals surface area contributed by atoms with E-state index >= 15 is 0 Å². The number of hydrazone groups is 1. The molecule has 0 bridgehead atoms. The second-order valence-electron chi connectivity index (χ2n) is 12.6. The van der Waals surface area contributed by atoms with E-state index in [0.717, 1.165) is 30.1 Å². The molecule has 0 radical (unpaired) electrons. The lowest BCUT2D eigenvalue weighted by atomic mass is 9.78. The lowest BCUT2D eigenvalue weighted by Crippen LogP contribution is -2.41. The monoisotopic (exact) mass is 701 g/mol. The fourth-order valence-electron chi connectivity index (χ4n) is 6.84. The number of carboxylic acid groups (broad SMARTS) is 1. The average Bonchev–Trinajstić information content (AvgIpc) is 3.50. The summed E-state index contributed by atoms with van der Waals surface area (Å²) in [5.41, 5.74) is 3.32. The number of nitrogens with two attached hydrogens (primary N) is 2. The van der Waals surface area contributed by atoms with Crippen molar-refractivity contribution in [1.29, 1.82) is 0 Å². The van der Waals surface area contributed by atoms with Gasteiger partial charge in [-0.1, -0.05) is 0 Å². The van der Waals surface area contributed by atoms with Gasteiger partial charge in [0.2, 0.25) is 5.96 Å². The number of anilines is 1. The van der Waals surface area contributed by atoms with E-state index in [1.807, 2.05) is 4.90 Å². The van der Waals surface area contributed by atoms with Crippen LogP contribution in [0.4, 0.5) is 40.9 Å². The molecule has 1 saturated heterocycles. The molecule has 1 saturated carbocycles. The number of hydrogen-bond donors (Lipinski definition) is 3. The van der Waals surface area contributed by atoms with Gasteiger partial charge in [0.25, 0.3) is 0 Å². The van der Waals surface area contributed by atoms with E-state index in [-0.39, 0.29) is 47.0 Å². The van der Waals surface area contributed by atoms with Crippen LogP contribution in [0.2, 0.25) is 0 Å². The number of aromatic nitrogens is 1. The zero-order valence-corrected chi connectivity index (χ0v) is 26.3. The lowest BCUT2D eigenvalue weighted by molar-refractivity contribution is -0.144. The number of guanidine groups is 1. The largest absolute Gasteiger partial charge is 0.481 e. The van der Waals surface area contributed by atoms with Gasteiger partial charge in [-0.05, 0) is 80.3 Å². The number of carboxylic acids is 1. The first kappa shape index (κ1) is 35.9. The Kier molecular flexibility index (Phi) is 10.1. The Bertz CT molecular complexity index is 1690. The third-order valence-corrected chi connectivity index (χ3v) is 9.12. The van der Waals surface area contributed by atoms with Crippen LogP contribution in [-0.4, -0.2) is 51.7 Å². The first-order chi connectivity index (χ1) is 22.9. The second-order valence-corrected chi connectivity index (χ2v) is 12.6. The van der Waals surface area contributed by atoms with Gasteiger partial charge >= 0.3 is 18.3 Å². The minimum atomic E-state index is -5.08. The molecule has 17 heteroatoms. The first-order valence-corrected chi connectivity index (χ1v) is 15.5. The maximum absolute atomic E-state index is 14.4. The Balaban J connectivity index is 1.59. The highest BCUT2D eigenvalue weighted by Gasteiger charge is 2.39. The van der Waals surface area contributed by atoms with Crippen molar-refractivity contribution in [2.24, 2.45) is 28.5 Å².